The largest absolute Gasteiger partial charge is 0.247 e. The van der Waals surface area contributed by atoms with Crippen LogP contribution in [0.5, 0.6) is 0 Å². The molecule has 1 aliphatic carbocycles. The van der Waals surface area contributed by atoms with Gasteiger partial charge in [0.2, 0.25) is 0 Å². The Labute approximate surface area is 74.0 Å². The van der Waals surface area contributed by atoms with Crippen molar-refractivity contribution in [2.45, 2.75) is 50.4 Å². The van der Waals surface area contributed by atoms with Crippen molar-refractivity contribution in [2.75, 3.05) is 0 Å². The molecule has 0 nitrogen and oxygen atoms in total. The van der Waals surface area contributed by atoms with E-state index in [1.807, 2.05) is 0 Å². The Morgan fingerprint density at radius 3 is 2.64 bits per heavy atom. The Morgan fingerprint density at radius 1 is 1.36 bits per heavy atom. The van der Waals surface area contributed by atoms with Crippen LogP contribution >= 0.6 is 12.6 Å². The van der Waals surface area contributed by atoms with Gasteiger partial charge in [-0.05, 0) is 25.2 Å². The Bertz CT molecular complexity index is 106. The molecule has 0 spiro atoms. The van der Waals surface area contributed by atoms with Gasteiger partial charge in [0.1, 0.15) is 6.17 Å². The van der Waals surface area contributed by atoms with Crippen molar-refractivity contribution in [1.82, 2.24) is 0 Å². The first kappa shape index (κ1) is 9.37. The summed E-state index contributed by atoms with van der Waals surface area (Å²) in [4.78, 5) is 0. The van der Waals surface area contributed by atoms with Crippen LogP contribution in [0.4, 0.5) is 4.39 Å². The van der Waals surface area contributed by atoms with E-state index in [0.717, 1.165) is 12.8 Å². The molecule has 3 atom stereocenters. The molecule has 0 N–H and O–H groups in total. The number of thiol groups is 1. The lowest BCUT2D eigenvalue weighted by Crippen LogP contribution is -2.24. The van der Waals surface area contributed by atoms with Crippen molar-refractivity contribution in [3.05, 3.63) is 0 Å². The smallest absolute Gasteiger partial charge is 0.101 e. The van der Waals surface area contributed by atoms with E-state index in [-0.39, 0.29) is 0 Å². The van der Waals surface area contributed by atoms with Crippen molar-refractivity contribution in [3.63, 3.8) is 0 Å². The first-order chi connectivity index (χ1) is 5.22. The Balaban J connectivity index is 2.30. The first-order valence-corrected chi connectivity index (χ1v) is 5.06. The van der Waals surface area contributed by atoms with Crippen LogP contribution in [0.15, 0.2) is 0 Å². The van der Waals surface area contributed by atoms with Gasteiger partial charge in [-0.3, -0.25) is 0 Å². The van der Waals surface area contributed by atoms with Gasteiger partial charge in [0, 0.05) is 5.25 Å². The molecule has 0 bridgehead atoms. The highest BCUT2D eigenvalue weighted by Crippen LogP contribution is 2.32. The van der Waals surface area contributed by atoms with Gasteiger partial charge < -0.3 is 0 Å². The second-order valence-corrected chi connectivity index (χ2v) is 4.34. The van der Waals surface area contributed by atoms with Crippen LogP contribution in [0, 0.1) is 5.92 Å². The van der Waals surface area contributed by atoms with Crippen molar-refractivity contribution in [2.24, 2.45) is 5.92 Å². The number of hydrogen-bond donors (Lipinski definition) is 1. The summed E-state index contributed by atoms with van der Waals surface area (Å²) in [5, 5.41) is 0.315. The lowest BCUT2D eigenvalue weighted by Gasteiger charge is -2.28. The molecule has 1 fully saturated rings. The molecule has 0 aromatic carbocycles. The topological polar surface area (TPSA) is 0 Å². The summed E-state index contributed by atoms with van der Waals surface area (Å²) in [7, 11) is 0. The molecule has 66 valence electrons. The molecule has 0 saturated heterocycles. The third kappa shape index (κ3) is 3.02. The summed E-state index contributed by atoms with van der Waals surface area (Å²) in [6, 6.07) is 0. The van der Waals surface area contributed by atoms with Crippen molar-refractivity contribution in [3.8, 4) is 0 Å². The summed E-state index contributed by atoms with van der Waals surface area (Å²) < 4.78 is 13.0. The van der Waals surface area contributed by atoms with E-state index in [2.05, 4.69) is 19.6 Å². The summed E-state index contributed by atoms with van der Waals surface area (Å²) in [5.74, 6) is 0.603. The number of alkyl halides is 1. The van der Waals surface area contributed by atoms with Gasteiger partial charge in [0.05, 0.1) is 0 Å². The minimum absolute atomic E-state index is 0.315. The normalized spacial score (nSPS) is 39.0. The van der Waals surface area contributed by atoms with Crippen molar-refractivity contribution < 1.29 is 4.39 Å². The van der Waals surface area contributed by atoms with Gasteiger partial charge in [-0.2, -0.15) is 12.6 Å². The van der Waals surface area contributed by atoms with Gasteiger partial charge in [0.25, 0.3) is 0 Å². The molecule has 0 heterocycles. The molecule has 11 heavy (non-hydrogen) atoms. The SMILES string of the molecule is CCCC1CC(F)CC(S)C1. The van der Waals surface area contributed by atoms with E-state index in [0.29, 0.717) is 17.6 Å². The van der Waals surface area contributed by atoms with E-state index in [9.17, 15) is 4.39 Å². The molecule has 2 heteroatoms. The van der Waals surface area contributed by atoms with Crippen LogP contribution in [-0.4, -0.2) is 11.4 Å². The predicted octanol–water partition coefficient (Wildman–Crippen LogP) is 3.22. The van der Waals surface area contributed by atoms with E-state index < -0.39 is 6.17 Å². The minimum Gasteiger partial charge on any atom is -0.247 e. The van der Waals surface area contributed by atoms with Gasteiger partial charge in [-0.15, -0.1) is 0 Å². The van der Waals surface area contributed by atoms with Crippen molar-refractivity contribution in [1.29, 1.82) is 0 Å². The fourth-order valence-electron chi connectivity index (χ4n) is 1.97. The van der Waals surface area contributed by atoms with Crippen molar-refractivity contribution >= 4 is 12.6 Å². The van der Waals surface area contributed by atoms with Crippen LogP contribution in [0.25, 0.3) is 0 Å². The van der Waals surface area contributed by atoms with E-state index in [1.54, 1.807) is 0 Å². The highest BCUT2D eigenvalue weighted by atomic mass is 32.1. The maximum Gasteiger partial charge on any atom is 0.101 e. The molecule has 1 aliphatic rings. The Kier molecular flexibility index (Phi) is 3.70. The molecule has 0 radical (unpaired) electrons. The van der Waals surface area contributed by atoms with Crippen LogP contribution in [-0.2, 0) is 0 Å². The summed E-state index contributed by atoms with van der Waals surface area (Å²) >= 11 is 4.33. The van der Waals surface area contributed by atoms with Crippen LogP contribution in [0.2, 0.25) is 0 Å². The molecule has 0 aromatic heterocycles. The van der Waals surface area contributed by atoms with Gasteiger partial charge in [-0.1, -0.05) is 19.8 Å². The van der Waals surface area contributed by atoms with E-state index >= 15 is 0 Å². The second kappa shape index (κ2) is 4.34. The molecule has 1 rings (SSSR count). The number of hydrogen-bond acceptors (Lipinski definition) is 1. The lowest BCUT2D eigenvalue weighted by atomic mass is 9.85. The highest BCUT2D eigenvalue weighted by Gasteiger charge is 2.25. The third-order valence-electron chi connectivity index (χ3n) is 2.42. The lowest BCUT2D eigenvalue weighted by molar-refractivity contribution is 0.197. The van der Waals surface area contributed by atoms with Gasteiger partial charge in [0.15, 0.2) is 0 Å². The van der Waals surface area contributed by atoms with Crippen LogP contribution in [0.3, 0.4) is 0 Å². The molecule has 1 saturated carbocycles. The zero-order chi connectivity index (χ0) is 8.27. The van der Waals surface area contributed by atoms with Gasteiger partial charge in [-0.25, -0.2) is 4.39 Å². The Hall–Kier alpha value is 0.280. The standard InChI is InChI=1S/C9H17FS/c1-2-3-7-4-8(10)6-9(11)5-7/h7-9,11H,2-6H2,1H3. The maximum absolute atomic E-state index is 13.0. The predicted molar refractivity (Wildman–Crippen MR) is 49.9 cm³/mol. The molecular formula is C9H17FS. The number of halogens is 1. The van der Waals surface area contributed by atoms with Crippen LogP contribution < -0.4 is 0 Å². The molecular weight excluding hydrogens is 159 g/mol. The summed E-state index contributed by atoms with van der Waals surface area (Å²) in [6.07, 6.45) is 4.35. The average Bonchev–Trinajstić information content (AvgIpc) is 1.85. The molecule has 0 aliphatic heterocycles. The fraction of sp³-hybridized carbons (Fsp3) is 1.00. The third-order valence-corrected chi connectivity index (χ3v) is 2.84. The number of rotatable bonds is 2. The molecule has 0 amide bonds. The molecule has 3 unspecified atom stereocenters. The minimum atomic E-state index is -0.581. The summed E-state index contributed by atoms with van der Waals surface area (Å²) in [6.45, 7) is 2.16. The highest BCUT2D eigenvalue weighted by molar-refractivity contribution is 7.80. The second-order valence-electron chi connectivity index (χ2n) is 3.61. The maximum atomic E-state index is 13.0. The fourth-order valence-corrected chi connectivity index (χ4v) is 2.50. The average molecular weight is 176 g/mol. The zero-order valence-corrected chi connectivity index (χ0v) is 7.99. The first-order valence-electron chi connectivity index (χ1n) is 4.54. The summed E-state index contributed by atoms with van der Waals surface area (Å²) in [5.41, 5.74) is 0. The van der Waals surface area contributed by atoms with Gasteiger partial charge >= 0.3 is 0 Å². The molecule has 0 aromatic rings. The van der Waals surface area contributed by atoms with E-state index in [4.69, 9.17) is 0 Å². The van der Waals surface area contributed by atoms with Crippen LogP contribution in [0.1, 0.15) is 39.0 Å². The zero-order valence-electron chi connectivity index (χ0n) is 7.09. The monoisotopic (exact) mass is 176 g/mol. The Morgan fingerprint density at radius 2 is 2.09 bits per heavy atom. The quantitative estimate of drug-likeness (QED) is 0.614. The van der Waals surface area contributed by atoms with E-state index in [1.165, 1.54) is 12.8 Å².